The molecular weight excluding hydrogens is 521 g/mol. The molecule has 37 heavy (non-hydrogen) atoms. The van der Waals surface area contributed by atoms with Crippen molar-refractivity contribution in [1.29, 1.82) is 0 Å². The molecule has 184 valence electrons. The molecule has 3 aromatic carbocycles. The maximum Gasteiger partial charge on any atom is 0.269 e. The number of non-ortho nitro benzene ring substituents is 1. The van der Waals surface area contributed by atoms with Gasteiger partial charge in [-0.2, -0.15) is 0 Å². The molecule has 2 N–H and O–H groups in total. The van der Waals surface area contributed by atoms with E-state index in [0.29, 0.717) is 22.0 Å². The Kier molecular flexibility index (Phi) is 6.58. The minimum absolute atomic E-state index is 0.0828. The number of nitrogens with zero attached hydrogens (tertiary/aromatic N) is 3. The van der Waals surface area contributed by atoms with Gasteiger partial charge in [-0.1, -0.05) is 84.6 Å². The van der Waals surface area contributed by atoms with Gasteiger partial charge >= 0.3 is 0 Å². The zero-order valence-corrected chi connectivity index (χ0v) is 22.1. The summed E-state index contributed by atoms with van der Waals surface area (Å²) in [5, 5.41) is 13.0. The molecule has 1 aliphatic rings. The summed E-state index contributed by atoms with van der Waals surface area (Å²) in [7, 11) is 0. The number of thioether (sulfide) groups is 2. The largest absolute Gasteiger partial charge is 0.383 e. The Morgan fingerprint density at radius 1 is 0.946 bits per heavy atom. The number of nitro groups is 1. The first-order valence-corrected chi connectivity index (χ1v) is 14.5. The first-order chi connectivity index (χ1) is 18.1. The van der Waals surface area contributed by atoms with Crippen LogP contribution in [-0.2, 0) is 12.2 Å². The van der Waals surface area contributed by atoms with E-state index in [1.807, 2.05) is 11.8 Å². The highest BCUT2D eigenvalue weighted by molar-refractivity contribution is 8.00. The van der Waals surface area contributed by atoms with Gasteiger partial charge in [-0.3, -0.25) is 10.1 Å². The number of hydrogen-bond acceptors (Lipinski definition) is 8. The second-order valence-corrected chi connectivity index (χ2v) is 12.0. The number of rotatable bonds is 6. The molecule has 0 radical (unpaired) electrons. The van der Waals surface area contributed by atoms with Gasteiger partial charge in [0.15, 0.2) is 5.16 Å². The van der Waals surface area contributed by atoms with E-state index >= 15 is 0 Å². The van der Waals surface area contributed by atoms with Gasteiger partial charge < -0.3 is 5.73 Å². The van der Waals surface area contributed by atoms with Crippen molar-refractivity contribution >= 4 is 56.6 Å². The Morgan fingerprint density at radius 2 is 1.62 bits per heavy atom. The minimum Gasteiger partial charge on any atom is -0.383 e. The van der Waals surface area contributed by atoms with E-state index in [2.05, 4.69) is 65.6 Å². The van der Waals surface area contributed by atoms with Crippen molar-refractivity contribution in [2.24, 2.45) is 0 Å². The highest BCUT2D eigenvalue weighted by Gasteiger charge is 2.34. The Morgan fingerprint density at radius 3 is 2.30 bits per heavy atom. The summed E-state index contributed by atoms with van der Waals surface area (Å²) < 4.78 is 0. The Labute approximate surface area is 226 Å². The normalized spacial score (nSPS) is 17.0. The fourth-order valence-corrected chi connectivity index (χ4v) is 8.49. The van der Waals surface area contributed by atoms with E-state index < -0.39 is 4.92 Å². The lowest BCUT2D eigenvalue weighted by molar-refractivity contribution is -0.384. The Bertz CT molecular complexity index is 1570. The third kappa shape index (κ3) is 4.82. The fourth-order valence-electron chi connectivity index (χ4n) is 4.60. The van der Waals surface area contributed by atoms with E-state index in [0.717, 1.165) is 22.2 Å². The summed E-state index contributed by atoms with van der Waals surface area (Å²) in [5.41, 5.74) is 11.5. The summed E-state index contributed by atoms with van der Waals surface area (Å²) in [4.78, 5) is 22.3. The van der Waals surface area contributed by atoms with Gasteiger partial charge in [-0.15, -0.1) is 23.1 Å². The average molecular weight is 543 g/mol. The number of hydrogen-bond donors (Lipinski definition) is 1. The molecule has 0 aliphatic carbocycles. The van der Waals surface area contributed by atoms with Crippen LogP contribution in [0.5, 0.6) is 0 Å². The van der Waals surface area contributed by atoms with Crippen molar-refractivity contribution in [2.45, 2.75) is 27.8 Å². The number of nitro benzene ring substituents is 1. The van der Waals surface area contributed by atoms with Gasteiger partial charge in [0.1, 0.15) is 10.6 Å². The molecule has 3 heterocycles. The number of aromatic nitrogens is 2. The van der Waals surface area contributed by atoms with Crippen LogP contribution < -0.4 is 5.73 Å². The van der Waals surface area contributed by atoms with E-state index in [4.69, 9.17) is 10.7 Å². The topological polar surface area (TPSA) is 94.9 Å². The molecule has 0 fully saturated rings. The zero-order valence-electron chi connectivity index (χ0n) is 19.6. The number of thiophene rings is 1. The fraction of sp³-hybridized carbons (Fsp3) is 0.143. The van der Waals surface area contributed by atoms with E-state index in [1.54, 1.807) is 23.5 Å². The van der Waals surface area contributed by atoms with E-state index in [-0.39, 0.29) is 10.9 Å². The second-order valence-electron chi connectivity index (χ2n) is 8.76. The second kappa shape index (κ2) is 10.2. The SMILES string of the molecule is Nc1nc(SCc2ccc([N+](=O)[O-])cc2)nc2sc3c(c12)C[C@@H](c1ccccc1)S[C@H]3c1ccccc1. The number of nitrogens with two attached hydrogens (primary N) is 1. The molecule has 5 aromatic rings. The first-order valence-electron chi connectivity index (χ1n) is 11.8. The van der Waals surface area contributed by atoms with Crippen LogP contribution >= 0.6 is 34.9 Å². The van der Waals surface area contributed by atoms with Gasteiger partial charge in [-0.05, 0) is 28.7 Å². The van der Waals surface area contributed by atoms with Crippen LogP contribution in [0.2, 0.25) is 0 Å². The van der Waals surface area contributed by atoms with Crippen molar-refractivity contribution in [3.63, 3.8) is 0 Å². The van der Waals surface area contributed by atoms with Crippen molar-refractivity contribution in [2.75, 3.05) is 5.73 Å². The smallest absolute Gasteiger partial charge is 0.269 e. The van der Waals surface area contributed by atoms with Crippen molar-refractivity contribution in [3.05, 3.63) is 122 Å². The quantitative estimate of drug-likeness (QED) is 0.102. The lowest BCUT2D eigenvalue weighted by Crippen LogP contribution is -2.12. The van der Waals surface area contributed by atoms with Crippen LogP contribution in [0.25, 0.3) is 10.2 Å². The van der Waals surface area contributed by atoms with Gasteiger partial charge in [-0.25, -0.2) is 9.97 Å². The van der Waals surface area contributed by atoms with Gasteiger partial charge in [0.05, 0.1) is 15.6 Å². The zero-order chi connectivity index (χ0) is 25.4. The third-order valence-corrected chi connectivity index (χ3v) is 10.2. The molecule has 0 saturated carbocycles. The molecule has 9 heteroatoms. The van der Waals surface area contributed by atoms with Crippen molar-refractivity contribution < 1.29 is 4.92 Å². The van der Waals surface area contributed by atoms with Crippen LogP contribution in [0.4, 0.5) is 11.5 Å². The molecular formula is C28H22N4O2S3. The molecule has 2 aromatic heterocycles. The molecule has 0 unspecified atom stereocenters. The van der Waals surface area contributed by atoms with Crippen LogP contribution in [0, 0.1) is 10.1 Å². The standard InChI is InChI=1S/C28H22N4O2S3/c29-26-23-21-15-22(18-7-3-1-4-8-18)36-24(19-9-5-2-6-10-19)25(21)37-27(23)31-28(30-26)35-16-17-11-13-20(14-12-17)32(33)34/h1-14,22,24H,15-16H2,(H2,29,30,31)/t22-,24-/m0/s1. The van der Waals surface area contributed by atoms with Gasteiger partial charge in [0.25, 0.3) is 5.69 Å². The molecule has 0 amide bonds. The maximum atomic E-state index is 10.9. The monoisotopic (exact) mass is 542 g/mol. The van der Waals surface area contributed by atoms with Crippen LogP contribution in [-0.4, -0.2) is 14.9 Å². The molecule has 0 spiro atoms. The summed E-state index contributed by atoms with van der Waals surface area (Å²) in [6.07, 6.45) is 0.885. The number of anilines is 1. The van der Waals surface area contributed by atoms with Crippen molar-refractivity contribution in [1.82, 2.24) is 9.97 Å². The van der Waals surface area contributed by atoms with E-state index in [9.17, 15) is 10.1 Å². The average Bonchev–Trinajstić information content (AvgIpc) is 3.31. The number of fused-ring (bicyclic) bond motifs is 3. The van der Waals surface area contributed by atoms with Crippen LogP contribution in [0.3, 0.4) is 0 Å². The summed E-state index contributed by atoms with van der Waals surface area (Å²) >= 11 is 5.19. The summed E-state index contributed by atoms with van der Waals surface area (Å²) in [6.45, 7) is 0. The van der Waals surface area contributed by atoms with Crippen LogP contribution in [0.1, 0.15) is 37.6 Å². The molecule has 0 bridgehead atoms. The minimum atomic E-state index is -0.392. The molecule has 0 saturated heterocycles. The summed E-state index contributed by atoms with van der Waals surface area (Å²) in [5.74, 6) is 1.12. The van der Waals surface area contributed by atoms with Crippen molar-refractivity contribution in [3.8, 4) is 0 Å². The molecule has 6 rings (SSSR count). The Hall–Kier alpha value is -3.40. The lowest BCUT2D eigenvalue weighted by Gasteiger charge is -2.30. The number of benzene rings is 3. The highest BCUT2D eigenvalue weighted by Crippen LogP contribution is 2.55. The van der Waals surface area contributed by atoms with Crippen LogP contribution in [0.15, 0.2) is 90.1 Å². The predicted octanol–water partition coefficient (Wildman–Crippen LogP) is 7.59. The Balaban J connectivity index is 1.35. The predicted molar refractivity (Wildman–Crippen MR) is 153 cm³/mol. The van der Waals surface area contributed by atoms with Gasteiger partial charge in [0, 0.05) is 28.0 Å². The third-order valence-electron chi connectivity index (χ3n) is 6.41. The van der Waals surface area contributed by atoms with Gasteiger partial charge in [0.2, 0.25) is 0 Å². The molecule has 2 atom stereocenters. The molecule has 1 aliphatic heterocycles. The lowest BCUT2D eigenvalue weighted by atomic mass is 9.98. The summed E-state index contributed by atoms with van der Waals surface area (Å²) in [6, 6.07) is 27.8. The molecule has 6 nitrogen and oxygen atoms in total. The highest BCUT2D eigenvalue weighted by atomic mass is 32.2. The number of nitrogen functional groups attached to an aromatic ring is 1. The maximum absolute atomic E-state index is 10.9. The first kappa shape index (κ1) is 24.0. The van der Waals surface area contributed by atoms with E-state index in [1.165, 1.54) is 45.5 Å².